The van der Waals surface area contributed by atoms with Crippen molar-refractivity contribution in [1.29, 1.82) is 0 Å². The van der Waals surface area contributed by atoms with Crippen LogP contribution in [0.1, 0.15) is 36.7 Å². The van der Waals surface area contributed by atoms with Crippen LogP contribution < -0.4 is 5.32 Å². The zero-order valence-corrected chi connectivity index (χ0v) is 13.5. The molecule has 3 nitrogen and oxygen atoms in total. The van der Waals surface area contributed by atoms with Gasteiger partial charge in [-0.25, -0.2) is 0 Å². The molecular formula is C15H19Cl2N3. The lowest BCUT2D eigenvalue weighted by Crippen LogP contribution is -2.25. The number of aromatic nitrogens is 2. The second-order valence-electron chi connectivity index (χ2n) is 4.75. The van der Waals surface area contributed by atoms with Gasteiger partial charge in [-0.1, -0.05) is 36.2 Å². The Balaban J connectivity index is 2.52. The van der Waals surface area contributed by atoms with Gasteiger partial charge in [0, 0.05) is 11.6 Å². The van der Waals surface area contributed by atoms with E-state index in [1.165, 1.54) is 0 Å². The predicted octanol–water partition coefficient (Wildman–Crippen LogP) is 4.22. The van der Waals surface area contributed by atoms with Gasteiger partial charge in [-0.15, -0.1) is 0 Å². The number of hydrogen-bond acceptors (Lipinski definition) is 2. The molecule has 5 heteroatoms. The Morgan fingerprint density at radius 1 is 1.25 bits per heavy atom. The summed E-state index contributed by atoms with van der Waals surface area (Å²) in [6.45, 7) is 7.78. The van der Waals surface area contributed by atoms with Gasteiger partial charge >= 0.3 is 0 Å². The summed E-state index contributed by atoms with van der Waals surface area (Å²) in [4.78, 5) is 0. The molecule has 1 heterocycles. The van der Waals surface area contributed by atoms with Crippen LogP contribution in [0.5, 0.6) is 0 Å². The van der Waals surface area contributed by atoms with Crippen molar-refractivity contribution >= 4 is 23.2 Å². The van der Waals surface area contributed by atoms with Crippen LogP contribution in [-0.2, 0) is 6.54 Å². The van der Waals surface area contributed by atoms with E-state index < -0.39 is 0 Å². The molecule has 1 aromatic heterocycles. The molecule has 0 radical (unpaired) electrons. The summed E-state index contributed by atoms with van der Waals surface area (Å²) in [5.74, 6) is 0. The van der Waals surface area contributed by atoms with Gasteiger partial charge in [-0.3, -0.25) is 4.68 Å². The van der Waals surface area contributed by atoms with E-state index >= 15 is 0 Å². The fourth-order valence-electron chi connectivity index (χ4n) is 2.42. The molecule has 20 heavy (non-hydrogen) atoms. The van der Waals surface area contributed by atoms with Crippen molar-refractivity contribution in [3.05, 3.63) is 51.3 Å². The highest BCUT2D eigenvalue weighted by Crippen LogP contribution is 2.30. The lowest BCUT2D eigenvalue weighted by Gasteiger charge is -2.21. The molecule has 108 valence electrons. The van der Waals surface area contributed by atoms with Crippen molar-refractivity contribution in [2.24, 2.45) is 0 Å². The number of benzene rings is 1. The third-order valence-electron chi connectivity index (χ3n) is 3.21. The molecule has 1 N–H and O–H groups in total. The Labute approximate surface area is 129 Å². The van der Waals surface area contributed by atoms with Gasteiger partial charge < -0.3 is 5.32 Å². The number of rotatable bonds is 5. The van der Waals surface area contributed by atoms with Gasteiger partial charge in [0.25, 0.3) is 0 Å². The Morgan fingerprint density at radius 3 is 2.60 bits per heavy atom. The van der Waals surface area contributed by atoms with Crippen LogP contribution in [0, 0.1) is 6.92 Å². The maximum atomic E-state index is 6.33. The van der Waals surface area contributed by atoms with E-state index in [4.69, 9.17) is 23.2 Å². The van der Waals surface area contributed by atoms with Crippen LogP contribution in [0.3, 0.4) is 0 Å². The maximum Gasteiger partial charge on any atom is 0.0837 e. The van der Waals surface area contributed by atoms with Gasteiger partial charge in [0.05, 0.1) is 23.0 Å². The summed E-state index contributed by atoms with van der Waals surface area (Å²) in [5.41, 5.74) is 3.22. The molecule has 0 amide bonds. The Bertz CT molecular complexity index is 573. The zero-order chi connectivity index (χ0) is 14.7. The standard InChI is InChI=1S/C15H19Cl2N3/c1-4-18-14(11-6-10(3)7-12(16)8-11)15-13(17)9-19-20(15)5-2/h6-9,14,18H,4-5H2,1-3H3. The van der Waals surface area contributed by atoms with E-state index in [-0.39, 0.29) is 6.04 Å². The molecule has 0 bridgehead atoms. The average Bonchev–Trinajstić information content (AvgIpc) is 2.76. The van der Waals surface area contributed by atoms with Crippen molar-refractivity contribution in [2.45, 2.75) is 33.4 Å². The van der Waals surface area contributed by atoms with Crippen LogP contribution in [0.15, 0.2) is 24.4 Å². The summed E-state index contributed by atoms with van der Waals surface area (Å²) >= 11 is 12.5. The first-order chi connectivity index (χ1) is 9.56. The molecular weight excluding hydrogens is 293 g/mol. The van der Waals surface area contributed by atoms with E-state index in [1.54, 1.807) is 6.20 Å². The second-order valence-corrected chi connectivity index (χ2v) is 5.59. The fraction of sp³-hybridized carbons (Fsp3) is 0.400. The first-order valence-electron chi connectivity index (χ1n) is 6.78. The van der Waals surface area contributed by atoms with Crippen LogP contribution in [0.2, 0.25) is 10.0 Å². The van der Waals surface area contributed by atoms with E-state index in [0.29, 0.717) is 5.02 Å². The van der Waals surface area contributed by atoms with Crippen LogP contribution >= 0.6 is 23.2 Å². The van der Waals surface area contributed by atoms with Gasteiger partial charge in [-0.2, -0.15) is 5.10 Å². The topological polar surface area (TPSA) is 29.9 Å². The minimum absolute atomic E-state index is 0.00708. The molecule has 2 aromatic rings. The lowest BCUT2D eigenvalue weighted by atomic mass is 10.0. The second kappa shape index (κ2) is 6.61. The quantitative estimate of drug-likeness (QED) is 0.896. The van der Waals surface area contributed by atoms with Gasteiger partial charge in [0.15, 0.2) is 0 Å². The molecule has 0 saturated carbocycles. The van der Waals surface area contributed by atoms with Crippen molar-refractivity contribution in [3.8, 4) is 0 Å². The molecule has 0 aliphatic rings. The highest BCUT2D eigenvalue weighted by molar-refractivity contribution is 6.31. The van der Waals surface area contributed by atoms with Crippen LogP contribution in [0.4, 0.5) is 0 Å². The third kappa shape index (κ3) is 3.17. The minimum atomic E-state index is -0.00708. The van der Waals surface area contributed by atoms with Crippen LogP contribution in [0.25, 0.3) is 0 Å². The number of halogens is 2. The monoisotopic (exact) mass is 311 g/mol. The maximum absolute atomic E-state index is 6.33. The van der Waals surface area contributed by atoms with Crippen LogP contribution in [-0.4, -0.2) is 16.3 Å². The Kier molecular flexibility index (Phi) is 5.08. The highest BCUT2D eigenvalue weighted by Gasteiger charge is 2.21. The fourth-order valence-corrected chi connectivity index (χ4v) is 2.97. The summed E-state index contributed by atoms with van der Waals surface area (Å²) in [7, 11) is 0. The molecule has 2 rings (SSSR count). The predicted molar refractivity (Wildman–Crippen MR) is 84.6 cm³/mol. The molecule has 0 spiro atoms. The van der Waals surface area contributed by atoms with Gasteiger partial charge in [0.2, 0.25) is 0 Å². The van der Waals surface area contributed by atoms with Crippen molar-refractivity contribution in [2.75, 3.05) is 6.54 Å². The Morgan fingerprint density at radius 2 is 2.00 bits per heavy atom. The smallest absolute Gasteiger partial charge is 0.0837 e. The minimum Gasteiger partial charge on any atom is -0.305 e. The molecule has 0 fully saturated rings. The van der Waals surface area contributed by atoms with E-state index in [9.17, 15) is 0 Å². The SMILES string of the molecule is CCNC(c1cc(C)cc(Cl)c1)c1c(Cl)cnn1CC. The number of aryl methyl sites for hydroxylation is 2. The molecule has 0 saturated heterocycles. The summed E-state index contributed by atoms with van der Waals surface area (Å²) in [5, 5.41) is 9.20. The summed E-state index contributed by atoms with van der Waals surface area (Å²) in [6, 6.07) is 6.05. The molecule has 1 unspecified atom stereocenters. The first-order valence-corrected chi connectivity index (χ1v) is 7.54. The van der Waals surface area contributed by atoms with Crippen molar-refractivity contribution in [1.82, 2.24) is 15.1 Å². The summed E-state index contributed by atoms with van der Waals surface area (Å²) in [6.07, 6.45) is 1.70. The van der Waals surface area contributed by atoms with E-state index in [2.05, 4.69) is 30.3 Å². The molecule has 1 atom stereocenters. The van der Waals surface area contributed by atoms with Crippen molar-refractivity contribution < 1.29 is 0 Å². The first kappa shape index (κ1) is 15.4. The lowest BCUT2D eigenvalue weighted by molar-refractivity contribution is 0.542. The molecule has 0 aliphatic heterocycles. The number of hydrogen-bond donors (Lipinski definition) is 1. The largest absolute Gasteiger partial charge is 0.305 e. The normalized spacial score (nSPS) is 12.7. The number of nitrogens with zero attached hydrogens (tertiary/aromatic N) is 2. The molecule has 0 aliphatic carbocycles. The zero-order valence-electron chi connectivity index (χ0n) is 12.0. The summed E-state index contributed by atoms with van der Waals surface area (Å²) < 4.78 is 1.92. The molecule has 1 aromatic carbocycles. The Hall–Kier alpha value is -1.03. The van der Waals surface area contributed by atoms with E-state index in [1.807, 2.05) is 23.7 Å². The van der Waals surface area contributed by atoms with Gasteiger partial charge in [-0.05, 0) is 43.7 Å². The van der Waals surface area contributed by atoms with Crippen molar-refractivity contribution in [3.63, 3.8) is 0 Å². The van der Waals surface area contributed by atoms with Gasteiger partial charge in [0.1, 0.15) is 0 Å². The third-order valence-corrected chi connectivity index (χ3v) is 3.72. The number of nitrogens with one attached hydrogen (secondary N) is 1. The highest BCUT2D eigenvalue weighted by atomic mass is 35.5. The van der Waals surface area contributed by atoms with E-state index in [0.717, 1.165) is 34.9 Å². The average molecular weight is 312 g/mol.